The normalized spacial score (nSPS) is 15.5. The summed E-state index contributed by atoms with van der Waals surface area (Å²) in [4.78, 5) is 28.5. The third-order valence-corrected chi connectivity index (χ3v) is 5.97. The second-order valence-electron chi connectivity index (χ2n) is 8.05. The van der Waals surface area contributed by atoms with Gasteiger partial charge in [-0.15, -0.1) is 0 Å². The standard InChI is InChI=1S/C25H24ClN3O4/c1-15-5-3-6-16(11-15)21-14-22(29(28-21)23(30)7-4-8-24(31)32)19-12-17-9-10-18(33-2)13-20(17)27-25(19)26/h3,5-6,9-13,22H,4,7-8,14H2,1-2H3,(H,31,32)/t22-/m1/s1. The molecular weight excluding hydrogens is 442 g/mol. The summed E-state index contributed by atoms with van der Waals surface area (Å²) in [7, 11) is 1.59. The zero-order chi connectivity index (χ0) is 23.5. The second-order valence-corrected chi connectivity index (χ2v) is 8.41. The molecule has 1 aromatic heterocycles. The molecule has 1 amide bonds. The summed E-state index contributed by atoms with van der Waals surface area (Å²) < 4.78 is 5.27. The Morgan fingerprint density at radius 1 is 1.18 bits per heavy atom. The smallest absolute Gasteiger partial charge is 0.303 e. The summed E-state index contributed by atoms with van der Waals surface area (Å²) in [5.41, 5.74) is 4.21. The fourth-order valence-electron chi connectivity index (χ4n) is 3.99. The van der Waals surface area contributed by atoms with Crippen molar-refractivity contribution >= 4 is 40.1 Å². The molecule has 1 aliphatic rings. The van der Waals surface area contributed by atoms with Gasteiger partial charge in [0.1, 0.15) is 10.9 Å². The van der Waals surface area contributed by atoms with Crippen LogP contribution in [0, 0.1) is 6.92 Å². The van der Waals surface area contributed by atoms with Crippen molar-refractivity contribution in [3.63, 3.8) is 0 Å². The predicted octanol–water partition coefficient (Wildman–Crippen LogP) is 5.14. The van der Waals surface area contributed by atoms with E-state index in [9.17, 15) is 9.59 Å². The largest absolute Gasteiger partial charge is 0.497 e. The molecular formula is C25H24ClN3O4. The Morgan fingerprint density at radius 2 is 2.00 bits per heavy atom. The maximum absolute atomic E-state index is 13.1. The topological polar surface area (TPSA) is 92.1 Å². The number of rotatable bonds is 7. The molecule has 2 heterocycles. The highest BCUT2D eigenvalue weighted by Crippen LogP contribution is 2.38. The van der Waals surface area contributed by atoms with E-state index >= 15 is 0 Å². The fraction of sp³-hybridized carbons (Fsp3) is 0.280. The van der Waals surface area contributed by atoms with Crippen LogP contribution < -0.4 is 4.74 Å². The van der Waals surface area contributed by atoms with Gasteiger partial charge >= 0.3 is 5.97 Å². The summed E-state index contributed by atoms with van der Waals surface area (Å²) in [5.74, 6) is -0.489. The molecule has 0 bridgehead atoms. The van der Waals surface area contributed by atoms with E-state index in [0.717, 1.165) is 22.2 Å². The second kappa shape index (κ2) is 9.58. The highest BCUT2D eigenvalue weighted by atomic mass is 35.5. The van der Waals surface area contributed by atoms with Gasteiger partial charge in [0.05, 0.1) is 24.4 Å². The first-order valence-corrected chi connectivity index (χ1v) is 11.1. The number of carboxylic acids is 1. The molecule has 0 saturated carbocycles. The Hall–Kier alpha value is -3.45. The number of aliphatic carboxylic acids is 1. The number of carboxylic acid groups (broad SMARTS) is 1. The Bertz CT molecular complexity index is 1260. The summed E-state index contributed by atoms with van der Waals surface area (Å²) in [5, 5.41) is 16.2. The molecule has 0 fully saturated rings. The number of ether oxygens (including phenoxy) is 1. The van der Waals surface area contributed by atoms with E-state index in [2.05, 4.69) is 10.1 Å². The minimum atomic E-state index is -0.929. The number of amides is 1. The van der Waals surface area contributed by atoms with Crippen LogP contribution in [0.4, 0.5) is 0 Å². The number of hydrazone groups is 1. The number of pyridine rings is 1. The molecule has 4 rings (SSSR count). The van der Waals surface area contributed by atoms with Crippen molar-refractivity contribution in [1.29, 1.82) is 0 Å². The lowest BCUT2D eigenvalue weighted by Gasteiger charge is -2.23. The van der Waals surface area contributed by atoms with Gasteiger partial charge in [-0.2, -0.15) is 5.10 Å². The summed E-state index contributed by atoms with van der Waals surface area (Å²) >= 11 is 6.60. The van der Waals surface area contributed by atoms with Crippen LogP contribution in [-0.2, 0) is 9.59 Å². The van der Waals surface area contributed by atoms with Crippen LogP contribution in [0.3, 0.4) is 0 Å². The Morgan fingerprint density at radius 3 is 2.73 bits per heavy atom. The molecule has 0 aliphatic carbocycles. The van der Waals surface area contributed by atoms with Crippen molar-refractivity contribution in [1.82, 2.24) is 9.99 Å². The van der Waals surface area contributed by atoms with Crippen LogP contribution in [0.2, 0.25) is 5.15 Å². The first kappa shape index (κ1) is 22.7. The van der Waals surface area contributed by atoms with Crippen LogP contribution >= 0.6 is 11.6 Å². The van der Waals surface area contributed by atoms with Crippen LogP contribution in [0.15, 0.2) is 53.6 Å². The number of aryl methyl sites for hydroxylation is 1. The SMILES string of the molecule is COc1ccc2cc([C@H]3CC(c4cccc(C)c4)=NN3C(=O)CCCC(=O)O)c(Cl)nc2c1. The highest BCUT2D eigenvalue weighted by Gasteiger charge is 2.34. The molecule has 0 unspecified atom stereocenters. The lowest BCUT2D eigenvalue weighted by atomic mass is 9.97. The van der Waals surface area contributed by atoms with Crippen LogP contribution in [0.1, 0.15) is 48.4 Å². The molecule has 7 nitrogen and oxygen atoms in total. The van der Waals surface area contributed by atoms with Crippen molar-refractivity contribution in [2.24, 2.45) is 5.10 Å². The predicted molar refractivity (Wildman–Crippen MR) is 127 cm³/mol. The van der Waals surface area contributed by atoms with Crippen molar-refractivity contribution in [3.05, 3.63) is 70.4 Å². The molecule has 0 radical (unpaired) electrons. The number of carbonyl (C=O) groups excluding carboxylic acids is 1. The molecule has 3 aromatic rings. The maximum atomic E-state index is 13.1. The van der Waals surface area contributed by atoms with Gasteiger partial charge in [-0.25, -0.2) is 9.99 Å². The van der Waals surface area contributed by atoms with E-state index in [4.69, 9.17) is 21.4 Å². The van der Waals surface area contributed by atoms with Crippen LogP contribution in [0.25, 0.3) is 10.9 Å². The summed E-state index contributed by atoms with van der Waals surface area (Å²) in [6, 6.07) is 15.0. The van der Waals surface area contributed by atoms with Gasteiger partial charge in [-0.05, 0) is 37.1 Å². The fourth-order valence-corrected chi connectivity index (χ4v) is 4.26. The zero-order valence-corrected chi connectivity index (χ0v) is 19.2. The number of carbonyl (C=O) groups is 2. The Balaban J connectivity index is 1.70. The summed E-state index contributed by atoms with van der Waals surface area (Å²) in [6.45, 7) is 2.00. The maximum Gasteiger partial charge on any atom is 0.303 e. The average Bonchev–Trinajstić information content (AvgIpc) is 3.23. The first-order valence-electron chi connectivity index (χ1n) is 10.7. The van der Waals surface area contributed by atoms with E-state index in [0.29, 0.717) is 28.4 Å². The van der Waals surface area contributed by atoms with Crippen LogP contribution in [-0.4, -0.2) is 39.8 Å². The van der Waals surface area contributed by atoms with E-state index in [-0.39, 0.29) is 25.2 Å². The molecule has 0 spiro atoms. The third kappa shape index (κ3) is 4.98. The van der Waals surface area contributed by atoms with Gasteiger partial charge in [0.25, 0.3) is 0 Å². The van der Waals surface area contributed by atoms with Crippen molar-refractivity contribution < 1.29 is 19.4 Å². The van der Waals surface area contributed by atoms with Gasteiger partial charge in [0.2, 0.25) is 5.91 Å². The molecule has 1 aliphatic heterocycles. The Kier molecular flexibility index (Phi) is 6.60. The minimum Gasteiger partial charge on any atom is -0.497 e. The van der Waals surface area contributed by atoms with Gasteiger partial charge in [-0.1, -0.05) is 41.4 Å². The highest BCUT2D eigenvalue weighted by molar-refractivity contribution is 6.30. The number of aromatic nitrogens is 1. The summed E-state index contributed by atoms with van der Waals surface area (Å²) in [6.07, 6.45) is 0.745. The molecule has 0 saturated heterocycles. The number of methoxy groups -OCH3 is 1. The monoisotopic (exact) mass is 465 g/mol. The molecule has 1 atom stereocenters. The number of halogens is 1. The van der Waals surface area contributed by atoms with Gasteiger partial charge in [0.15, 0.2) is 0 Å². The minimum absolute atomic E-state index is 0.0706. The number of benzene rings is 2. The van der Waals surface area contributed by atoms with Gasteiger partial charge in [-0.3, -0.25) is 9.59 Å². The van der Waals surface area contributed by atoms with E-state index in [1.807, 2.05) is 55.5 Å². The molecule has 8 heteroatoms. The molecule has 2 aromatic carbocycles. The quantitative estimate of drug-likeness (QED) is 0.488. The first-order chi connectivity index (χ1) is 15.9. The molecule has 170 valence electrons. The van der Waals surface area contributed by atoms with Gasteiger partial charge in [0, 0.05) is 36.3 Å². The van der Waals surface area contributed by atoms with Crippen molar-refractivity contribution in [2.45, 2.75) is 38.6 Å². The van der Waals surface area contributed by atoms with E-state index in [1.54, 1.807) is 7.11 Å². The van der Waals surface area contributed by atoms with Crippen molar-refractivity contribution in [3.8, 4) is 5.75 Å². The lowest BCUT2D eigenvalue weighted by Crippen LogP contribution is -2.27. The zero-order valence-electron chi connectivity index (χ0n) is 18.4. The number of hydrogen-bond acceptors (Lipinski definition) is 5. The van der Waals surface area contributed by atoms with Gasteiger partial charge < -0.3 is 9.84 Å². The number of nitrogens with zero attached hydrogens (tertiary/aromatic N) is 3. The Labute approximate surface area is 196 Å². The van der Waals surface area contributed by atoms with Crippen molar-refractivity contribution in [2.75, 3.05) is 7.11 Å². The number of fused-ring (bicyclic) bond motifs is 1. The third-order valence-electron chi connectivity index (χ3n) is 5.66. The average molecular weight is 466 g/mol. The molecule has 33 heavy (non-hydrogen) atoms. The van der Waals surface area contributed by atoms with E-state index < -0.39 is 12.0 Å². The van der Waals surface area contributed by atoms with Crippen LogP contribution in [0.5, 0.6) is 5.75 Å². The lowest BCUT2D eigenvalue weighted by molar-refractivity contribution is -0.137. The van der Waals surface area contributed by atoms with E-state index in [1.165, 1.54) is 5.01 Å². The number of hydrogen-bond donors (Lipinski definition) is 1. The molecule has 1 N–H and O–H groups in total.